The summed E-state index contributed by atoms with van der Waals surface area (Å²) in [5, 5.41) is 6.25. The molecule has 0 bridgehead atoms. The topological polar surface area (TPSA) is 67.4 Å². The normalized spacial score (nSPS) is 13.3. The molecule has 118 valence electrons. The monoisotopic (exact) mass is 302 g/mol. The van der Waals surface area contributed by atoms with E-state index in [1.54, 1.807) is 6.92 Å². The third kappa shape index (κ3) is 3.67. The second-order valence-electron chi connectivity index (χ2n) is 5.34. The molecule has 0 unspecified atom stereocenters. The van der Waals surface area contributed by atoms with E-state index in [1.807, 2.05) is 32.0 Å². The molecule has 1 fully saturated rings. The van der Waals surface area contributed by atoms with Crippen molar-refractivity contribution in [3.8, 4) is 0 Å². The maximum Gasteiger partial charge on any atom is 0.310 e. The summed E-state index contributed by atoms with van der Waals surface area (Å²) in [6.45, 7) is 7.42. The molecule has 0 radical (unpaired) electrons. The highest BCUT2D eigenvalue weighted by molar-refractivity contribution is 6.12. The zero-order chi connectivity index (χ0) is 16.1. The van der Waals surface area contributed by atoms with E-state index in [9.17, 15) is 9.59 Å². The van der Waals surface area contributed by atoms with Gasteiger partial charge in [0.1, 0.15) is 5.82 Å². The lowest BCUT2D eigenvalue weighted by Gasteiger charge is -2.13. The lowest BCUT2D eigenvalue weighted by molar-refractivity contribution is -0.142. The second-order valence-corrected chi connectivity index (χ2v) is 5.34. The zero-order valence-electron chi connectivity index (χ0n) is 13.3. The maximum atomic E-state index is 12.9. The molecule has 0 aromatic heterocycles. The smallest absolute Gasteiger partial charge is 0.310 e. The molecule has 1 aliphatic heterocycles. The SMILES string of the molecule is CCOC(=O)CC(C(=O)c1ccc(C)cc1C)=C1NCCN1. The van der Waals surface area contributed by atoms with Gasteiger partial charge in [0.25, 0.3) is 0 Å². The number of nitrogens with one attached hydrogen (secondary N) is 2. The van der Waals surface area contributed by atoms with Gasteiger partial charge >= 0.3 is 5.97 Å². The van der Waals surface area contributed by atoms with Crippen molar-refractivity contribution in [3.63, 3.8) is 0 Å². The number of carbonyl (C=O) groups excluding carboxylic acids is 2. The lowest BCUT2D eigenvalue weighted by atomic mass is 9.95. The third-order valence-electron chi connectivity index (χ3n) is 3.56. The molecule has 1 aliphatic rings. The summed E-state index contributed by atoms with van der Waals surface area (Å²) in [7, 11) is 0. The van der Waals surface area contributed by atoms with Crippen molar-refractivity contribution in [2.45, 2.75) is 27.2 Å². The molecular weight excluding hydrogens is 280 g/mol. The van der Waals surface area contributed by atoms with Crippen molar-refractivity contribution in [1.29, 1.82) is 0 Å². The number of aryl methyl sites for hydroxylation is 2. The summed E-state index contributed by atoms with van der Waals surface area (Å²) in [4.78, 5) is 24.7. The van der Waals surface area contributed by atoms with Crippen LogP contribution in [0.15, 0.2) is 29.6 Å². The number of hydrogen-bond acceptors (Lipinski definition) is 5. The van der Waals surface area contributed by atoms with Crippen LogP contribution in [-0.2, 0) is 9.53 Å². The van der Waals surface area contributed by atoms with Crippen molar-refractivity contribution >= 4 is 11.8 Å². The fourth-order valence-corrected chi connectivity index (χ4v) is 2.52. The Morgan fingerprint density at radius 2 is 1.86 bits per heavy atom. The predicted octanol–water partition coefficient (Wildman–Crippen LogP) is 1.84. The van der Waals surface area contributed by atoms with Crippen LogP contribution in [0.1, 0.15) is 34.8 Å². The molecule has 1 saturated heterocycles. The van der Waals surface area contributed by atoms with Crippen molar-refractivity contribution < 1.29 is 14.3 Å². The first-order valence-corrected chi connectivity index (χ1v) is 7.51. The van der Waals surface area contributed by atoms with E-state index in [0.717, 1.165) is 24.2 Å². The standard InChI is InChI=1S/C17H22N2O3/c1-4-22-15(20)10-14(17-18-7-8-19-17)16(21)13-6-5-11(2)9-12(13)3/h5-6,9,18-19H,4,7-8,10H2,1-3H3. The Labute approximate surface area is 130 Å². The van der Waals surface area contributed by atoms with Crippen LogP contribution in [0.2, 0.25) is 0 Å². The summed E-state index contributed by atoms with van der Waals surface area (Å²) in [6.07, 6.45) is -0.0324. The quantitative estimate of drug-likeness (QED) is 0.493. The number of benzene rings is 1. The number of carbonyl (C=O) groups is 2. The molecule has 0 spiro atoms. The third-order valence-corrected chi connectivity index (χ3v) is 3.56. The lowest BCUT2D eigenvalue weighted by Crippen LogP contribution is -2.22. The first kappa shape index (κ1) is 16.1. The summed E-state index contributed by atoms with van der Waals surface area (Å²) in [5.74, 6) is 0.110. The Kier molecular flexibility index (Phi) is 5.20. The van der Waals surface area contributed by atoms with Crippen molar-refractivity contribution in [1.82, 2.24) is 10.6 Å². The van der Waals surface area contributed by atoms with Crippen LogP contribution in [0.4, 0.5) is 0 Å². The number of esters is 1. The molecule has 2 rings (SSSR count). The number of rotatable bonds is 5. The summed E-state index contributed by atoms with van der Waals surface area (Å²) >= 11 is 0. The van der Waals surface area contributed by atoms with Gasteiger partial charge in [0.2, 0.25) is 0 Å². The molecular formula is C17H22N2O3. The van der Waals surface area contributed by atoms with E-state index in [4.69, 9.17) is 4.74 Å². The van der Waals surface area contributed by atoms with Gasteiger partial charge in [-0.2, -0.15) is 0 Å². The Morgan fingerprint density at radius 1 is 1.18 bits per heavy atom. The van der Waals surface area contributed by atoms with Crippen LogP contribution in [0.5, 0.6) is 0 Å². The van der Waals surface area contributed by atoms with Gasteiger partial charge in [-0.25, -0.2) is 0 Å². The largest absolute Gasteiger partial charge is 0.466 e. The molecule has 1 heterocycles. The average molecular weight is 302 g/mol. The van der Waals surface area contributed by atoms with Crippen LogP contribution < -0.4 is 10.6 Å². The van der Waals surface area contributed by atoms with E-state index in [2.05, 4.69) is 10.6 Å². The minimum absolute atomic E-state index is 0.0324. The molecule has 0 atom stereocenters. The van der Waals surface area contributed by atoms with E-state index >= 15 is 0 Å². The Morgan fingerprint density at radius 3 is 2.45 bits per heavy atom. The van der Waals surface area contributed by atoms with Crippen molar-refractivity contribution in [2.75, 3.05) is 19.7 Å². The van der Waals surface area contributed by atoms with Gasteiger partial charge in [-0.3, -0.25) is 9.59 Å². The molecule has 0 aliphatic carbocycles. The van der Waals surface area contributed by atoms with Crippen LogP contribution in [0.3, 0.4) is 0 Å². The molecule has 5 heteroatoms. The maximum absolute atomic E-state index is 12.9. The fourth-order valence-electron chi connectivity index (χ4n) is 2.52. The Bertz CT molecular complexity index is 612. The number of hydrogen-bond donors (Lipinski definition) is 2. The van der Waals surface area contributed by atoms with Gasteiger partial charge in [-0.15, -0.1) is 0 Å². The summed E-state index contributed by atoms with van der Waals surface area (Å²) in [6, 6.07) is 5.69. The molecule has 2 N–H and O–H groups in total. The Balaban J connectivity index is 2.34. The van der Waals surface area contributed by atoms with Gasteiger partial charge in [-0.1, -0.05) is 23.8 Å². The highest BCUT2D eigenvalue weighted by Gasteiger charge is 2.24. The predicted molar refractivity (Wildman–Crippen MR) is 84.5 cm³/mol. The molecule has 1 aromatic rings. The van der Waals surface area contributed by atoms with E-state index in [1.165, 1.54) is 0 Å². The van der Waals surface area contributed by atoms with E-state index in [0.29, 0.717) is 23.6 Å². The van der Waals surface area contributed by atoms with E-state index in [-0.39, 0.29) is 12.2 Å². The second kappa shape index (κ2) is 7.11. The molecule has 0 saturated carbocycles. The first-order valence-electron chi connectivity index (χ1n) is 7.51. The van der Waals surface area contributed by atoms with Crippen LogP contribution in [-0.4, -0.2) is 31.4 Å². The number of Topliss-reactive ketones (excluding diaryl/α,β-unsaturated/α-hetero) is 1. The van der Waals surface area contributed by atoms with Gasteiger partial charge in [0, 0.05) is 18.7 Å². The van der Waals surface area contributed by atoms with Gasteiger partial charge < -0.3 is 15.4 Å². The van der Waals surface area contributed by atoms with Crippen LogP contribution in [0, 0.1) is 13.8 Å². The van der Waals surface area contributed by atoms with Gasteiger partial charge in [0.15, 0.2) is 5.78 Å². The molecule has 1 aromatic carbocycles. The van der Waals surface area contributed by atoms with Crippen LogP contribution in [0.25, 0.3) is 0 Å². The fraction of sp³-hybridized carbons (Fsp3) is 0.412. The molecule has 22 heavy (non-hydrogen) atoms. The summed E-state index contributed by atoms with van der Waals surface area (Å²) < 4.78 is 4.99. The number of ether oxygens (including phenoxy) is 1. The van der Waals surface area contributed by atoms with Crippen LogP contribution >= 0.6 is 0 Å². The van der Waals surface area contributed by atoms with E-state index < -0.39 is 5.97 Å². The Hall–Kier alpha value is -2.30. The zero-order valence-corrected chi connectivity index (χ0v) is 13.3. The molecule has 5 nitrogen and oxygen atoms in total. The molecule has 0 amide bonds. The van der Waals surface area contributed by atoms with Gasteiger partial charge in [-0.05, 0) is 26.3 Å². The highest BCUT2D eigenvalue weighted by Crippen LogP contribution is 2.19. The van der Waals surface area contributed by atoms with Crippen molar-refractivity contribution in [3.05, 3.63) is 46.3 Å². The van der Waals surface area contributed by atoms with Crippen molar-refractivity contribution in [2.24, 2.45) is 0 Å². The number of ketones is 1. The average Bonchev–Trinajstić information content (AvgIpc) is 2.98. The summed E-state index contributed by atoms with van der Waals surface area (Å²) in [5.41, 5.74) is 3.06. The minimum Gasteiger partial charge on any atom is -0.466 e. The highest BCUT2D eigenvalue weighted by atomic mass is 16.5. The van der Waals surface area contributed by atoms with Gasteiger partial charge in [0.05, 0.1) is 18.6 Å². The first-order chi connectivity index (χ1) is 10.5. The minimum atomic E-state index is -0.390.